The predicted octanol–water partition coefficient (Wildman–Crippen LogP) is 3.79. The largest absolute Gasteiger partial charge is 0.400 e. The first kappa shape index (κ1) is 13.8. The molecule has 0 radical (unpaired) electrons. The van der Waals surface area contributed by atoms with Crippen molar-refractivity contribution in [2.45, 2.75) is 20.0 Å². The maximum absolute atomic E-state index is 12.3. The minimum absolute atomic E-state index is 0.179. The summed E-state index contributed by atoms with van der Waals surface area (Å²) in [5.74, 6) is -3.19. The maximum Gasteiger partial charge on any atom is 0.400 e. The van der Waals surface area contributed by atoms with Gasteiger partial charge in [0.05, 0.1) is 10.7 Å². The number of halogens is 4. The number of carbonyl (C=O) groups excluding carboxylic acids is 1. The maximum atomic E-state index is 12.3. The van der Waals surface area contributed by atoms with Gasteiger partial charge >= 0.3 is 6.18 Å². The first-order valence-electron chi connectivity index (χ1n) is 4.85. The Balaban J connectivity index is 2.82. The van der Waals surface area contributed by atoms with Crippen LogP contribution in [0.5, 0.6) is 0 Å². The molecule has 1 rings (SSSR count). The van der Waals surface area contributed by atoms with Crippen molar-refractivity contribution < 1.29 is 18.0 Å². The van der Waals surface area contributed by atoms with Crippen molar-refractivity contribution in [1.82, 2.24) is 0 Å². The van der Waals surface area contributed by atoms with Gasteiger partial charge in [0.1, 0.15) is 5.92 Å². The Kier molecular flexibility index (Phi) is 4.03. The van der Waals surface area contributed by atoms with Crippen LogP contribution in [-0.2, 0) is 4.79 Å². The monoisotopic (exact) mass is 265 g/mol. The molecule has 0 saturated heterocycles. The third-order valence-electron chi connectivity index (χ3n) is 2.27. The number of rotatable bonds is 2. The molecule has 0 aliphatic carbocycles. The average Bonchev–Trinajstić information content (AvgIpc) is 2.19. The highest BCUT2D eigenvalue weighted by atomic mass is 35.5. The number of hydrogen-bond acceptors (Lipinski definition) is 1. The Hall–Kier alpha value is -1.23. The lowest BCUT2D eigenvalue weighted by atomic mass is 10.1. The van der Waals surface area contributed by atoms with Crippen LogP contribution in [0.3, 0.4) is 0 Å². The molecule has 6 heteroatoms. The lowest BCUT2D eigenvalue weighted by molar-refractivity contribution is -0.175. The molecule has 0 heterocycles. The van der Waals surface area contributed by atoms with Gasteiger partial charge in [-0.15, -0.1) is 0 Å². The van der Waals surface area contributed by atoms with E-state index in [0.29, 0.717) is 0 Å². The third kappa shape index (κ3) is 3.63. The summed E-state index contributed by atoms with van der Waals surface area (Å²) in [6.07, 6.45) is -4.55. The fourth-order valence-electron chi connectivity index (χ4n) is 1.11. The molecule has 17 heavy (non-hydrogen) atoms. The van der Waals surface area contributed by atoms with Crippen LogP contribution in [0.2, 0.25) is 5.02 Å². The highest BCUT2D eigenvalue weighted by Crippen LogP contribution is 2.28. The van der Waals surface area contributed by atoms with Crippen molar-refractivity contribution in [2.24, 2.45) is 5.92 Å². The van der Waals surface area contributed by atoms with E-state index in [2.05, 4.69) is 5.32 Å². The van der Waals surface area contributed by atoms with Gasteiger partial charge in [-0.25, -0.2) is 0 Å². The number of aryl methyl sites for hydroxylation is 1. The molecule has 0 spiro atoms. The Bertz CT molecular complexity index is 431. The summed E-state index contributed by atoms with van der Waals surface area (Å²) in [4.78, 5) is 11.3. The Labute approximate surface area is 102 Å². The van der Waals surface area contributed by atoms with E-state index in [4.69, 9.17) is 11.6 Å². The van der Waals surface area contributed by atoms with Crippen molar-refractivity contribution >= 4 is 23.2 Å². The van der Waals surface area contributed by atoms with E-state index in [1.807, 2.05) is 0 Å². The van der Waals surface area contributed by atoms with Gasteiger partial charge in [-0.2, -0.15) is 13.2 Å². The first-order valence-corrected chi connectivity index (χ1v) is 5.23. The molecule has 1 amide bonds. The van der Waals surface area contributed by atoms with Gasteiger partial charge < -0.3 is 5.32 Å². The summed E-state index contributed by atoms with van der Waals surface area (Å²) < 4.78 is 36.8. The molecule has 0 aliphatic rings. The molecule has 1 atom stereocenters. The molecule has 0 fully saturated rings. The second kappa shape index (κ2) is 4.96. The number of nitrogens with one attached hydrogen (secondary N) is 1. The second-order valence-corrected chi connectivity index (χ2v) is 4.14. The Morgan fingerprint density at radius 2 is 2.00 bits per heavy atom. The quantitative estimate of drug-likeness (QED) is 0.866. The van der Waals surface area contributed by atoms with E-state index in [0.717, 1.165) is 12.5 Å². The smallest absolute Gasteiger partial charge is 0.324 e. The molecule has 1 aromatic carbocycles. The summed E-state index contributed by atoms with van der Waals surface area (Å²) in [6, 6.07) is 4.69. The van der Waals surface area contributed by atoms with Gasteiger partial charge in [-0.3, -0.25) is 4.79 Å². The van der Waals surface area contributed by atoms with E-state index < -0.39 is 18.0 Å². The van der Waals surface area contributed by atoms with E-state index in [9.17, 15) is 18.0 Å². The lowest BCUT2D eigenvalue weighted by Crippen LogP contribution is -2.32. The van der Waals surface area contributed by atoms with Crippen LogP contribution in [0.4, 0.5) is 18.9 Å². The van der Waals surface area contributed by atoms with Crippen molar-refractivity contribution in [3.63, 3.8) is 0 Å². The molecule has 0 aliphatic heterocycles. The minimum atomic E-state index is -4.55. The van der Waals surface area contributed by atoms with Crippen molar-refractivity contribution in [2.75, 3.05) is 5.32 Å². The predicted molar refractivity (Wildman–Crippen MR) is 60.0 cm³/mol. The minimum Gasteiger partial charge on any atom is -0.324 e. The number of amides is 1. The van der Waals surface area contributed by atoms with Crippen molar-refractivity contribution in [3.8, 4) is 0 Å². The average molecular weight is 266 g/mol. The molecule has 0 bridgehead atoms. The van der Waals surface area contributed by atoms with Crippen LogP contribution >= 0.6 is 11.6 Å². The van der Waals surface area contributed by atoms with Crippen LogP contribution in [0.1, 0.15) is 12.5 Å². The summed E-state index contributed by atoms with van der Waals surface area (Å²) in [5.41, 5.74) is 1.04. The molecular formula is C11H11ClF3NO. The van der Waals surface area contributed by atoms with Crippen LogP contribution in [0.15, 0.2) is 18.2 Å². The van der Waals surface area contributed by atoms with E-state index in [-0.39, 0.29) is 10.7 Å². The summed E-state index contributed by atoms with van der Waals surface area (Å²) in [5, 5.41) is 2.37. The van der Waals surface area contributed by atoms with Crippen LogP contribution in [-0.4, -0.2) is 12.1 Å². The molecule has 1 N–H and O–H groups in total. The lowest BCUT2D eigenvalue weighted by Gasteiger charge is -2.16. The van der Waals surface area contributed by atoms with Gasteiger partial charge in [0.15, 0.2) is 0 Å². The third-order valence-corrected chi connectivity index (χ3v) is 2.58. The van der Waals surface area contributed by atoms with Crippen molar-refractivity contribution in [1.29, 1.82) is 0 Å². The fourth-order valence-corrected chi connectivity index (χ4v) is 1.39. The van der Waals surface area contributed by atoms with Crippen LogP contribution < -0.4 is 5.32 Å². The highest BCUT2D eigenvalue weighted by Gasteiger charge is 2.41. The molecule has 0 saturated carbocycles. The van der Waals surface area contributed by atoms with Gasteiger partial charge in [-0.05, 0) is 31.5 Å². The number of anilines is 1. The molecule has 0 aromatic heterocycles. The standard InChI is InChI=1S/C11H11ClF3NO/c1-6-3-4-9(8(12)5-6)16-10(17)7(2)11(13,14)15/h3-5,7H,1-2H3,(H,16,17). The molecule has 2 nitrogen and oxygen atoms in total. The summed E-state index contributed by atoms with van der Waals surface area (Å²) in [6.45, 7) is 2.59. The van der Waals surface area contributed by atoms with Crippen molar-refractivity contribution in [3.05, 3.63) is 28.8 Å². The number of alkyl halides is 3. The Morgan fingerprint density at radius 1 is 1.41 bits per heavy atom. The zero-order valence-electron chi connectivity index (χ0n) is 9.23. The first-order chi connectivity index (χ1) is 7.71. The number of hydrogen-bond donors (Lipinski definition) is 1. The van der Waals surface area contributed by atoms with E-state index >= 15 is 0 Å². The Morgan fingerprint density at radius 3 is 2.47 bits per heavy atom. The van der Waals surface area contributed by atoms with Gasteiger partial charge in [0.25, 0.3) is 0 Å². The van der Waals surface area contributed by atoms with Gasteiger partial charge in [0.2, 0.25) is 5.91 Å². The SMILES string of the molecule is Cc1ccc(NC(=O)C(C)C(F)(F)F)c(Cl)c1. The topological polar surface area (TPSA) is 29.1 Å². The van der Waals surface area contributed by atoms with Gasteiger partial charge in [0, 0.05) is 0 Å². The summed E-state index contributed by atoms with van der Waals surface area (Å²) >= 11 is 5.80. The van der Waals surface area contributed by atoms with Crippen LogP contribution in [0.25, 0.3) is 0 Å². The number of benzene rings is 1. The number of carbonyl (C=O) groups is 1. The van der Waals surface area contributed by atoms with Crippen LogP contribution in [0, 0.1) is 12.8 Å². The second-order valence-electron chi connectivity index (χ2n) is 3.74. The normalized spacial score (nSPS) is 13.3. The zero-order valence-corrected chi connectivity index (χ0v) is 9.99. The summed E-state index contributed by atoms with van der Waals surface area (Å²) in [7, 11) is 0. The molecule has 94 valence electrons. The molecule has 1 unspecified atom stereocenters. The van der Waals surface area contributed by atoms with Gasteiger partial charge in [-0.1, -0.05) is 17.7 Å². The molecule has 1 aromatic rings. The highest BCUT2D eigenvalue weighted by molar-refractivity contribution is 6.33. The van der Waals surface area contributed by atoms with E-state index in [1.165, 1.54) is 6.07 Å². The molecular weight excluding hydrogens is 255 g/mol. The van der Waals surface area contributed by atoms with E-state index in [1.54, 1.807) is 19.1 Å². The zero-order chi connectivity index (χ0) is 13.2. The fraction of sp³-hybridized carbons (Fsp3) is 0.364.